The number of likely N-dealkylation sites (N-methyl/N-ethyl adjacent to an activating group) is 1. The molecule has 10 heteroatoms. The van der Waals surface area contributed by atoms with Crippen LogP contribution >= 0.6 is 0 Å². The van der Waals surface area contributed by atoms with Gasteiger partial charge in [-0.15, -0.1) is 0 Å². The Balaban J connectivity index is 0.00000101. The van der Waals surface area contributed by atoms with Crippen LogP contribution in [0, 0.1) is 11.2 Å². The Morgan fingerprint density at radius 1 is 1.30 bits per heavy atom. The summed E-state index contributed by atoms with van der Waals surface area (Å²) in [5.74, 6) is -0.601. The van der Waals surface area contributed by atoms with Gasteiger partial charge in [0.25, 0.3) is 6.47 Å². The Bertz CT molecular complexity index is 749. The highest BCUT2D eigenvalue weighted by Gasteiger charge is 2.48. The van der Waals surface area contributed by atoms with Gasteiger partial charge in [0.2, 0.25) is 5.91 Å². The molecular weight excluding hydrogens is 408 g/mol. The Labute approximate surface area is 172 Å². The number of alkyl halides is 3. The number of nitrogens with zero attached hydrogens (tertiary/aromatic N) is 2. The third-order valence-electron chi connectivity index (χ3n) is 5.81. The maximum absolute atomic E-state index is 13.5. The maximum atomic E-state index is 13.5. The zero-order valence-corrected chi connectivity index (χ0v) is 16.9. The van der Waals surface area contributed by atoms with Crippen LogP contribution in [0.3, 0.4) is 0 Å². The second kappa shape index (κ2) is 9.74. The molecule has 1 aromatic carbocycles. The number of carbonyl (C=O) groups excluding carboxylic acids is 1. The van der Waals surface area contributed by atoms with Crippen molar-refractivity contribution in [2.75, 3.05) is 33.8 Å². The lowest BCUT2D eigenvalue weighted by atomic mass is 9.71. The molecular formula is C20H26F4N2O4. The Morgan fingerprint density at radius 3 is 2.43 bits per heavy atom. The lowest BCUT2D eigenvalue weighted by Crippen LogP contribution is -2.56. The fourth-order valence-corrected chi connectivity index (χ4v) is 4.31. The number of carbonyl (C=O) groups is 2. The number of benzene rings is 1. The second-order valence-corrected chi connectivity index (χ2v) is 7.71. The van der Waals surface area contributed by atoms with Crippen molar-refractivity contribution in [3.8, 4) is 0 Å². The van der Waals surface area contributed by atoms with Crippen molar-refractivity contribution in [2.45, 2.75) is 38.1 Å². The van der Waals surface area contributed by atoms with Crippen LogP contribution in [0.25, 0.3) is 0 Å². The number of carboxylic acid groups (broad SMARTS) is 1. The second-order valence-electron chi connectivity index (χ2n) is 7.71. The molecule has 2 aliphatic heterocycles. The quantitative estimate of drug-likeness (QED) is 0.585. The summed E-state index contributed by atoms with van der Waals surface area (Å²) in [5.41, 5.74) is -1.39. The number of rotatable bonds is 3. The van der Waals surface area contributed by atoms with Gasteiger partial charge in [-0.3, -0.25) is 14.5 Å². The van der Waals surface area contributed by atoms with E-state index in [0.717, 1.165) is 18.2 Å². The summed E-state index contributed by atoms with van der Waals surface area (Å²) in [6.07, 6.45) is -2.79. The minimum Gasteiger partial charge on any atom is -0.483 e. The van der Waals surface area contributed by atoms with E-state index in [1.54, 1.807) is 19.1 Å². The summed E-state index contributed by atoms with van der Waals surface area (Å²) in [5, 5.41) is 6.89. The van der Waals surface area contributed by atoms with E-state index in [-0.39, 0.29) is 30.6 Å². The van der Waals surface area contributed by atoms with Gasteiger partial charge in [0.15, 0.2) is 0 Å². The summed E-state index contributed by atoms with van der Waals surface area (Å²) in [4.78, 5) is 24.6. The molecule has 1 amide bonds. The minimum atomic E-state index is -4.52. The first-order valence-corrected chi connectivity index (χ1v) is 9.50. The Hall–Kier alpha value is -2.20. The van der Waals surface area contributed by atoms with E-state index in [2.05, 4.69) is 0 Å². The van der Waals surface area contributed by atoms with Crippen LogP contribution in [0.1, 0.15) is 30.4 Å². The van der Waals surface area contributed by atoms with Gasteiger partial charge in [-0.2, -0.15) is 13.2 Å². The monoisotopic (exact) mass is 434 g/mol. The van der Waals surface area contributed by atoms with Gasteiger partial charge in [0, 0.05) is 27.2 Å². The molecule has 0 saturated carbocycles. The first-order valence-electron chi connectivity index (χ1n) is 9.50. The Morgan fingerprint density at radius 2 is 1.90 bits per heavy atom. The maximum Gasteiger partial charge on any atom is 0.416 e. The van der Waals surface area contributed by atoms with E-state index in [1.165, 1.54) is 0 Å². The number of hydrogen-bond acceptors (Lipinski definition) is 4. The summed E-state index contributed by atoms with van der Waals surface area (Å²) in [6, 6.07) is 2.57. The van der Waals surface area contributed by atoms with Crippen molar-refractivity contribution in [2.24, 2.45) is 5.41 Å². The first-order chi connectivity index (χ1) is 14.1. The molecule has 2 heterocycles. The van der Waals surface area contributed by atoms with Crippen molar-refractivity contribution in [3.05, 3.63) is 35.1 Å². The molecule has 30 heavy (non-hydrogen) atoms. The van der Waals surface area contributed by atoms with Gasteiger partial charge in [0.05, 0.1) is 17.1 Å². The summed E-state index contributed by atoms with van der Waals surface area (Å²) in [6.45, 7) is 1.30. The zero-order valence-electron chi connectivity index (χ0n) is 16.9. The number of ether oxygens (including phenoxy) is 1. The summed E-state index contributed by atoms with van der Waals surface area (Å²) < 4.78 is 58.5. The SMILES string of the molecule is COC1CN(C)C(=O)C2(CCN(Cc3cc(F)ccc3C(F)(F)F)CC2)C1.O=CO. The van der Waals surface area contributed by atoms with Crippen LogP contribution in [0.15, 0.2) is 18.2 Å². The zero-order chi connectivity index (χ0) is 22.5. The molecule has 168 valence electrons. The fraction of sp³-hybridized carbons (Fsp3) is 0.600. The van der Waals surface area contributed by atoms with Crippen LogP contribution in [-0.2, 0) is 27.0 Å². The van der Waals surface area contributed by atoms with Crippen LogP contribution in [-0.4, -0.2) is 67.2 Å². The molecule has 1 atom stereocenters. The largest absolute Gasteiger partial charge is 0.483 e. The lowest BCUT2D eigenvalue weighted by Gasteiger charge is -2.47. The van der Waals surface area contributed by atoms with Crippen LogP contribution in [0.4, 0.5) is 17.6 Å². The van der Waals surface area contributed by atoms with E-state index in [1.807, 2.05) is 4.90 Å². The molecule has 0 aromatic heterocycles. The molecule has 6 nitrogen and oxygen atoms in total. The Kier molecular flexibility index (Phi) is 7.81. The van der Waals surface area contributed by atoms with Crippen molar-refractivity contribution < 1.29 is 37.0 Å². The van der Waals surface area contributed by atoms with Crippen molar-refractivity contribution in [1.29, 1.82) is 0 Å². The van der Waals surface area contributed by atoms with Gasteiger partial charge in [0.1, 0.15) is 5.82 Å². The standard InChI is InChI=1S/C19H24F4N2O2.CH2O2/c1-24-12-15(27-2)10-18(17(24)26)5-7-25(8-6-18)11-13-9-14(20)3-4-16(13)19(21,22)23;2-1-3/h3-4,9,15H,5-8,10-12H2,1-2H3;1H,(H,2,3). The first kappa shape index (κ1) is 24.1. The molecule has 2 saturated heterocycles. The normalized spacial score (nSPS) is 21.9. The molecule has 2 aliphatic rings. The number of likely N-dealkylation sites (tertiary alicyclic amines) is 2. The van der Waals surface area contributed by atoms with E-state index in [0.29, 0.717) is 38.9 Å². The van der Waals surface area contributed by atoms with Crippen molar-refractivity contribution in [3.63, 3.8) is 0 Å². The summed E-state index contributed by atoms with van der Waals surface area (Å²) in [7, 11) is 3.38. The molecule has 2 fully saturated rings. The number of amides is 1. The van der Waals surface area contributed by atoms with E-state index in [9.17, 15) is 22.4 Å². The average Bonchev–Trinajstić information content (AvgIpc) is 2.67. The van der Waals surface area contributed by atoms with Crippen LogP contribution < -0.4 is 0 Å². The van der Waals surface area contributed by atoms with Crippen LogP contribution in [0.5, 0.6) is 0 Å². The molecule has 0 radical (unpaired) electrons. The highest BCUT2D eigenvalue weighted by atomic mass is 19.4. The molecule has 1 aromatic rings. The van der Waals surface area contributed by atoms with Gasteiger partial charge in [-0.25, -0.2) is 4.39 Å². The van der Waals surface area contributed by atoms with E-state index >= 15 is 0 Å². The number of hydrogen-bond donors (Lipinski definition) is 1. The molecule has 1 spiro atoms. The van der Waals surface area contributed by atoms with Crippen molar-refractivity contribution >= 4 is 12.4 Å². The topological polar surface area (TPSA) is 70.1 Å². The summed E-state index contributed by atoms with van der Waals surface area (Å²) >= 11 is 0. The smallest absolute Gasteiger partial charge is 0.416 e. The predicted octanol–water partition coefficient (Wildman–Crippen LogP) is 3.00. The number of methoxy groups -OCH3 is 1. The van der Waals surface area contributed by atoms with Gasteiger partial charge in [-0.05, 0) is 56.1 Å². The van der Waals surface area contributed by atoms with Crippen molar-refractivity contribution in [1.82, 2.24) is 9.80 Å². The third-order valence-corrected chi connectivity index (χ3v) is 5.81. The predicted molar refractivity (Wildman–Crippen MR) is 100 cm³/mol. The van der Waals surface area contributed by atoms with Gasteiger partial charge in [-0.1, -0.05) is 0 Å². The number of halogens is 4. The average molecular weight is 434 g/mol. The molecule has 1 unspecified atom stereocenters. The highest BCUT2D eigenvalue weighted by molar-refractivity contribution is 5.83. The molecule has 0 bridgehead atoms. The highest BCUT2D eigenvalue weighted by Crippen LogP contribution is 2.42. The molecule has 0 aliphatic carbocycles. The van der Waals surface area contributed by atoms with E-state index < -0.39 is 23.0 Å². The molecule has 3 rings (SSSR count). The van der Waals surface area contributed by atoms with Gasteiger partial charge >= 0.3 is 6.18 Å². The van der Waals surface area contributed by atoms with Crippen LogP contribution in [0.2, 0.25) is 0 Å². The lowest BCUT2D eigenvalue weighted by molar-refractivity contribution is -0.156. The minimum absolute atomic E-state index is 0.0143. The number of piperidine rings is 2. The molecule has 1 N–H and O–H groups in total. The fourth-order valence-electron chi connectivity index (χ4n) is 4.31. The van der Waals surface area contributed by atoms with E-state index in [4.69, 9.17) is 14.6 Å². The third kappa shape index (κ3) is 5.48. The van der Waals surface area contributed by atoms with Gasteiger partial charge < -0.3 is 14.7 Å².